The van der Waals surface area contributed by atoms with Gasteiger partial charge in [-0.15, -0.1) is 15.0 Å². The van der Waals surface area contributed by atoms with Gasteiger partial charge in [-0.3, -0.25) is 0 Å². The molecule has 1 unspecified atom stereocenters. The average molecular weight is 361 g/mol. The van der Waals surface area contributed by atoms with Crippen LogP contribution in [0.5, 0.6) is 18.0 Å². The summed E-state index contributed by atoms with van der Waals surface area (Å²) in [5.41, 5.74) is 0.331. The summed E-state index contributed by atoms with van der Waals surface area (Å²) < 4.78 is 21.1. The quantitative estimate of drug-likeness (QED) is 0.694. The number of rotatable bonds is 7. The molecule has 0 amide bonds. The van der Waals surface area contributed by atoms with Crippen LogP contribution in [-0.4, -0.2) is 41.2 Å². The maximum absolute atomic E-state index is 12.6. The van der Waals surface area contributed by atoms with E-state index in [1.165, 1.54) is 14.2 Å². The summed E-state index contributed by atoms with van der Waals surface area (Å²) in [7, 11) is 2.82. The van der Waals surface area contributed by atoms with E-state index in [1.54, 1.807) is 0 Å². The molecule has 1 aromatic carbocycles. The van der Waals surface area contributed by atoms with Crippen LogP contribution in [0, 0.1) is 5.41 Å². The molecular formula is C18H23N3O5. The first-order chi connectivity index (χ1) is 12.3. The van der Waals surface area contributed by atoms with Gasteiger partial charge in [0.05, 0.1) is 14.2 Å². The summed E-state index contributed by atoms with van der Waals surface area (Å²) in [6.07, 6.45) is -0.928. The van der Waals surface area contributed by atoms with Crippen molar-refractivity contribution < 1.29 is 23.7 Å². The molecule has 1 aromatic heterocycles. The Hall–Kier alpha value is -2.90. The number of nitrogens with zero attached hydrogens (tertiary/aromatic N) is 3. The van der Waals surface area contributed by atoms with Gasteiger partial charge in [0.25, 0.3) is 0 Å². The van der Waals surface area contributed by atoms with Gasteiger partial charge in [0.15, 0.2) is 0 Å². The second-order valence-electron chi connectivity index (χ2n) is 6.55. The van der Waals surface area contributed by atoms with Crippen molar-refractivity contribution in [1.29, 1.82) is 0 Å². The Balaban J connectivity index is 2.16. The van der Waals surface area contributed by atoms with Crippen LogP contribution in [0.1, 0.15) is 26.3 Å². The van der Waals surface area contributed by atoms with Gasteiger partial charge in [-0.2, -0.15) is 0 Å². The zero-order chi connectivity index (χ0) is 19.2. The molecule has 0 radical (unpaired) electrons. The van der Waals surface area contributed by atoms with E-state index in [4.69, 9.17) is 18.9 Å². The fourth-order valence-electron chi connectivity index (χ4n) is 2.04. The van der Waals surface area contributed by atoms with E-state index in [-0.39, 0.29) is 24.6 Å². The predicted molar refractivity (Wildman–Crippen MR) is 93.0 cm³/mol. The van der Waals surface area contributed by atoms with Crippen molar-refractivity contribution in [2.24, 2.45) is 5.41 Å². The lowest BCUT2D eigenvalue weighted by Gasteiger charge is -2.28. The molecule has 0 spiro atoms. The summed E-state index contributed by atoms with van der Waals surface area (Å²) in [5.74, 6) is -0.514. The molecule has 0 aliphatic heterocycles. The van der Waals surface area contributed by atoms with E-state index in [2.05, 4.69) is 15.0 Å². The standard InChI is InChI=1S/C18H23N3O5/c1-18(2,3)13(14(22)25-11-12-9-7-6-8-10-12)26-17-20-15(23-4)19-16(21-17)24-5/h6-10,13H,11H2,1-5H3. The number of hydrogen-bond donors (Lipinski definition) is 0. The van der Waals surface area contributed by atoms with Crippen LogP contribution >= 0.6 is 0 Å². The number of ether oxygens (including phenoxy) is 4. The van der Waals surface area contributed by atoms with Gasteiger partial charge in [-0.1, -0.05) is 51.1 Å². The van der Waals surface area contributed by atoms with Gasteiger partial charge in [0.1, 0.15) is 6.61 Å². The number of hydrogen-bond acceptors (Lipinski definition) is 8. The second kappa shape index (κ2) is 8.46. The number of carbonyl (C=O) groups excluding carboxylic acids is 1. The van der Waals surface area contributed by atoms with E-state index in [9.17, 15) is 4.79 Å². The first-order valence-electron chi connectivity index (χ1n) is 8.04. The molecule has 0 bridgehead atoms. The number of methoxy groups -OCH3 is 2. The molecule has 8 nitrogen and oxygen atoms in total. The van der Waals surface area contributed by atoms with Gasteiger partial charge < -0.3 is 18.9 Å². The molecule has 2 aromatic rings. The van der Waals surface area contributed by atoms with Crippen LogP contribution in [0.15, 0.2) is 30.3 Å². The van der Waals surface area contributed by atoms with E-state index in [1.807, 2.05) is 51.1 Å². The van der Waals surface area contributed by atoms with E-state index in [0.717, 1.165) is 5.56 Å². The average Bonchev–Trinajstić information content (AvgIpc) is 2.63. The van der Waals surface area contributed by atoms with Crippen molar-refractivity contribution in [2.45, 2.75) is 33.5 Å². The summed E-state index contributed by atoms with van der Waals surface area (Å²) in [6.45, 7) is 5.73. The monoisotopic (exact) mass is 361 g/mol. The minimum Gasteiger partial charge on any atom is -0.467 e. The molecule has 0 saturated heterocycles. The van der Waals surface area contributed by atoms with Gasteiger partial charge in [-0.05, 0) is 5.56 Å². The first kappa shape index (κ1) is 19.4. The molecule has 0 aliphatic carbocycles. The molecule has 0 aliphatic rings. The maximum Gasteiger partial charge on any atom is 0.348 e. The lowest BCUT2D eigenvalue weighted by atomic mass is 9.89. The van der Waals surface area contributed by atoms with Crippen molar-refractivity contribution in [1.82, 2.24) is 15.0 Å². The topological polar surface area (TPSA) is 92.7 Å². The highest BCUT2D eigenvalue weighted by atomic mass is 16.6. The first-order valence-corrected chi connectivity index (χ1v) is 8.04. The fourth-order valence-corrected chi connectivity index (χ4v) is 2.04. The van der Waals surface area contributed by atoms with Gasteiger partial charge >= 0.3 is 24.0 Å². The molecular weight excluding hydrogens is 338 g/mol. The van der Waals surface area contributed by atoms with Crippen LogP contribution < -0.4 is 14.2 Å². The summed E-state index contributed by atoms with van der Waals surface area (Å²) in [5, 5.41) is 0. The second-order valence-corrected chi connectivity index (χ2v) is 6.55. The predicted octanol–water partition coefficient (Wildman–Crippen LogP) is 2.43. The van der Waals surface area contributed by atoms with Crippen LogP contribution in [0.4, 0.5) is 0 Å². The Bertz CT molecular complexity index is 709. The van der Waals surface area contributed by atoms with Crippen LogP contribution in [0.25, 0.3) is 0 Å². The Morgan fingerprint density at radius 2 is 1.50 bits per heavy atom. The Morgan fingerprint density at radius 3 is 2.00 bits per heavy atom. The van der Waals surface area contributed by atoms with Crippen molar-refractivity contribution >= 4 is 5.97 Å². The molecule has 8 heteroatoms. The smallest absolute Gasteiger partial charge is 0.348 e. The molecule has 0 saturated carbocycles. The van der Waals surface area contributed by atoms with Crippen molar-refractivity contribution in [2.75, 3.05) is 14.2 Å². The molecule has 2 rings (SSSR count). The fraction of sp³-hybridized carbons (Fsp3) is 0.444. The lowest BCUT2D eigenvalue weighted by molar-refractivity contribution is -0.159. The SMILES string of the molecule is COc1nc(OC)nc(OC(C(=O)OCc2ccccc2)C(C)(C)C)n1. The number of esters is 1. The summed E-state index contributed by atoms with van der Waals surface area (Å²) >= 11 is 0. The van der Waals surface area contributed by atoms with Gasteiger partial charge in [-0.25, -0.2) is 4.79 Å². The number of benzene rings is 1. The van der Waals surface area contributed by atoms with Gasteiger partial charge in [0, 0.05) is 5.41 Å². The zero-order valence-corrected chi connectivity index (χ0v) is 15.6. The maximum atomic E-state index is 12.6. The largest absolute Gasteiger partial charge is 0.467 e. The Labute approximate surface area is 152 Å². The Kier molecular flexibility index (Phi) is 6.32. The third-order valence-electron chi connectivity index (χ3n) is 3.39. The summed E-state index contributed by atoms with van der Waals surface area (Å²) in [4.78, 5) is 24.5. The van der Waals surface area contributed by atoms with E-state index < -0.39 is 17.5 Å². The molecule has 140 valence electrons. The molecule has 1 atom stereocenters. The molecule has 0 fully saturated rings. The lowest BCUT2D eigenvalue weighted by Crippen LogP contribution is -2.41. The molecule has 0 N–H and O–H groups in total. The minimum absolute atomic E-state index is 0.0252. The van der Waals surface area contributed by atoms with E-state index in [0.29, 0.717) is 0 Å². The molecule has 26 heavy (non-hydrogen) atoms. The van der Waals surface area contributed by atoms with Crippen molar-refractivity contribution in [3.05, 3.63) is 35.9 Å². The minimum atomic E-state index is -0.928. The van der Waals surface area contributed by atoms with Crippen molar-refractivity contribution in [3.8, 4) is 18.0 Å². The Morgan fingerprint density at radius 1 is 0.962 bits per heavy atom. The normalized spacial score (nSPS) is 12.2. The third kappa shape index (κ3) is 5.30. The zero-order valence-electron chi connectivity index (χ0n) is 15.6. The molecule has 1 heterocycles. The van der Waals surface area contributed by atoms with Crippen LogP contribution in [0.2, 0.25) is 0 Å². The van der Waals surface area contributed by atoms with Gasteiger partial charge in [0.2, 0.25) is 6.10 Å². The van der Waals surface area contributed by atoms with Crippen LogP contribution in [0.3, 0.4) is 0 Å². The van der Waals surface area contributed by atoms with Crippen LogP contribution in [-0.2, 0) is 16.1 Å². The van der Waals surface area contributed by atoms with E-state index >= 15 is 0 Å². The number of carbonyl (C=O) groups is 1. The third-order valence-corrected chi connectivity index (χ3v) is 3.39. The highest BCUT2D eigenvalue weighted by Gasteiger charge is 2.36. The highest BCUT2D eigenvalue weighted by molar-refractivity contribution is 5.76. The number of aromatic nitrogens is 3. The summed E-state index contributed by atoms with van der Waals surface area (Å²) in [6, 6.07) is 9.38. The van der Waals surface area contributed by atoms with Crippen molar-refractivity contribution in [3.63, 3.8) is 0 Å². The highest BCUT2D eigenvalue weighted by Crippen LogP contribution is 2.26.